The van der Waals surface area contributed by atoms with E-state index in [9.17, 15) is 15.0 Å². The van der Waals surface area contributed by atoms with Crippen LogP contribution in [0, 0.1) is 0 Å². The molecule has 0 spiro atoms. The van der Waals surface area contributed by atoms with Crippen LogP contribution in [0.5, 0.6) is 11.5 Å². The second-order valence-electron chi connectivity index (χ2n) is 4.79. The van der Waals surface area contributed by atoms with Crippen molar-refractivity contribution in [1.29, 1.82) is 0 Å². The molecule has 3 aromatic rings. The molecule has 0 aliphatic carbocycles. The fourth-order valence-electron chi connectivity index (χ4n) is 2.13. The number of carbonyl (C=O) groups excluding carboxylic acids is 1. The van der Waals surface area contributed by atoms with Gasteiger partial charge in [-0.05, 0) is 30.3 Å². The summed E-state index contributed by atoms with van der Waals surface area (Å²) < 4.78 is 6.09. The first-order valence-corrected chi connectivity index (χ1v) is 6.72. The molecule has 1 aromatic heterocycles. The molecule has 0 amide bonds. The number of methoxy groups -OCH3 is 1. The van der Waals surface area contributed by atoms with Gasteiger partial charge in [0.15, 0.2) is 0 Å². The number of ether oxygens (including phenoxy) is 1. The zero-order valence-corrected chi connectivity index (χ0v) is 12.2. The molecule has 0 radical (unpaired) electrons. The van der Waals surface area contributed by atoms with Crippen LogP contribution in [0.25, 0.3) is 16.9 Å². The molecule has 2 N–H and O–H groups in total. The number of carbonyl (C=O) groups is 1. The molecule has 7 heteroatoms. The lowest BCUT2D eigenvalue weighted by Gasteiger charge is -2.05. The van der Waals surface area contributed by atoms with E-state index in [2.05, 4.69) is 15.0 Å². The monoisotopic (exact) mass is 311 g/mol. The maximum Gasteiger partial charge on any atom is 0.341 e. The number of aromatic nitrogens is 3. The Balaban J connectivity index is 1.99. The van der Waals surface area contributed by atoms with E-state index >= 15 is 0 Å². The maximum atomic E-state index is 11.6. The molecule has 0 unspecified atom stereocenters. The van der Waals surface area contributed by atoms with Crippen LogP contribution in [0.4, 0.5) is 0 Å². The van der Waals surface area contributed by atoms with Gasteiger partial charge in [0, 0.05) is 5.56 Å². The van der Waals surface area contributed by atoms with Crippen LogP contribution in [0.3, 0.4) is 0 Å². The third-order valence-electron chi connectivity index (χ3n) is 3.29. The summed E-state index contributed by atoms with van der Waals surface area (Å²) in [6.45, 7) is 0. The molecule has 1 heterocycles. The number of hydrogen-bond acceptors (Lipinski definition) is 6. The Hall–Kier alpha value is -3.35. The molecule has 2 aromatic carbocycles. The first-order chi connectivity index (χ1) is 11.1. The maximum absolute atomic E-state index is 11.6. The number of esters is 1. The van der Waals surface area contributed by atoms with Gasteiger partial charge in [-0.15, -0.1) is 5.10 Å². The van der Waals surface area contributed by atoms with Gasteiger partial charge in [0.05, 0.1) is 19.0 Å². The van der Waals surface area contributed by atoms with Gasteiger partial charge in [-0.1, -0.05) is 17.3 Å². The number of phenols is 2. The topological polar surface area (TPSA) is 97.5 Å². The number of hydrogen-bond donors (Lipinski definition) is 2. The molecule has 0 atom stereocenters. The van der Waals surface area contributed by atoms with Crippen molar-refractivity contribution in [2.75, 3.05) is 7.11 Å². The minimum Gasteiger partial charge on any atom is -0.508 e. The van der Waals surface area contributed by atoms with Crippen molar-refractivity contribution in [1.82, 2.24) is 15.0 Å². The Kier molecular flexibility index (Phi) is 3.68. The highest BCUT2D eigenvalue weighted by Gasteiger charge is 2.14. The fraction of sp³-hybridized carbons (Fsp3) is 0.0625. The van der Waals surface area contributed by atoms with Gasteiger partial charge in [-0.2, -0.15) is 0 Å². The van der Waals surface area contributed by atoms with E-state index in [0.717, 1.165) is 0 Å². The molecule has 0 bridgehead atoms. The SMILES string of the molecule is COC(=O)c1cc(-n2cc(-c3cccc(O)c3)nn2)ccc1O. The summed E-state index contributed by atoms with van der Waals surface area (Å²) in [7, 11) is 1.24. The van der Waals surface area contributed by atoms with Crippen molar-refractivity contribution in [2.45, 2.75) is 0 Å². The van der Waals surface area contributed by atoms with Gasteiger partial charge in [0.2, 0.25) is 0 Å². The number of rotatable bonds is 3. The molecular formula is C16H13N3O4. The lowest BCUT2D eigenvalue weighted by Crippen LogP contribution is -2.04. The molecule has 0 aliphatic heterocycles. The third-order valence-corrected chi connectivity index (χ3v) is 3.29. The van der Waals surface area contributed by atoms with Crippen molar-refractivity contribution in [3.63, 3.8) is 0 Å². The van der Waals surface area contributed by atoms with Crippen LogP contribution < -0.4 is 0 Å². The molecule has 7 nitrogen and oxygen atoms in total. The Bertz CT molecular complexity index is 873. The van der Waals surface area contributed by atoms with Crippen LogP contribution >= 0.6 is 0 Å². The van der Waals surface area contributed by atoms with Crippen molar-refractivity contribution in [2.24, 2.45) is 0 Å². The van der Waals surface area contributed by atoms with Crippen LogP contribution in [0.15, 0.2) is 48.7 Å². The van der Waals surface area contributed by atoms with E-state index in [-0.39, 0.29) is 17.1 Å². The van der Waals surface area contributed by atoms with Gasteiger partial charge in [-0.25, -0.2) is 9.48 Å². The fourth-order valence-corrected chi connectivity index (χ4v) is 2.13. The molecule has 23 heavy (non-hydrogen) atoms. The van der Waals surface area contributed by atoms with Crippen LogP contribution in [-0.4, -0.2) is 38.3 Å². The van der Waals surface area contributed by atoms with E-state index in [0.29, 0.717) is 16.9 Å². The van der Waals surface area contributed by atoms with Crippen LogP contribution in [-0.2, 0) is 4.74 Å². The largest absolute Gasteiger partial charge is 0.508 e. The van der Waals surface area contributed by atoms with Gasteiger partial charge in [0.1, 0.15) is 22.8 Å². The summed E-state index contributed by atoms with van der Waals surface area (Å²) in [5.74, 6) is -0.679. The van der Waals surface area contributed by atoms with E-state index in [1.807, 2.05) is 0 Å². The number of aromatic hydroxyl groups is 2. The second kappa shape index (κ2) is 5.80. The predicted molar refractivity (Wildman–Crippen MR) is 81.5 cm³/mol. The Morgan fingerprint density at radius 3 is 2.74 bits per heavy atom. The molecule has 0 fully saturated rings. The van der Waals surface area contributed by atoms with Crippen LogP contribution in [0.1, 0.15) is 10.4 Å². The van der Waals surface area contributed by atoms with E-state index < -0.39 is 5.97 Å². The molecular weight excluding hydrogens is 298 g/mol. The molecule has 0 saturated heterocycles. The van der Waals surface area contributed by atoms with E-state index in [4.69, 9.17) is 0 Å². The molecule has 3 rings (SSSR count). The summed E-state index contributed by atoms with van der Waals surface area (Å²) in [4.78, 5) is 11.6. The van der Waals surface area contributed by atoms with Gasteiger partial charge >= 0.3 is 5.97 Å². The average molecular weight is 311 g/mol. The zero-order valence-electron chi connectivity index (χ0n) is 12.2. The summed E-state index contributed by atoms with van der Waals surface area (Å²) in [5.41, 5.74) is 1.86. The average Bonchev–Trinajstić information content (AvgIpc) is 3.04. The summed E-state index contributed by atoms with van der Waals surface area (Å²) in [5, 5.41) is 27.3. The standard InChI is InChI=1S/C16H13N3O4/c1-23-16(22)13-8-11(5-6-15(13)21)19-9-14(17-18-19)10-3-2-4-12(20)7-10/h2-9,20-21H,1H3. The Morgan fingerprint density at radius 2 is 2.00 bits per heavy atom. The first-order valence-electron chi connectivity index (χ1n) is 6.72. The smallest absolute Gasteiger partial charge is 0.341 e. The molecule has 0 saturated carbocycles. The Labute approximate surface area is 131 Å². The lowest BCUT2D eigenvalue weighted by molar-refractivity contribution is 0.0597. The van der Waals surface area contributed by atoms with Gasteiger partial charge in [0.25, 0.3) is 0 Å². The minimum atomic E-state index is -0.641. The van der Waals surface area contributed by atoms with E-state index in [1.54, 1.807) is 36.5 Å². The minimum absolute atomic E-state index is 0.0411. The van der Waals surface area contributed by atoms with Crippen molar-refractivity contribution < 1.29 is 19.7 Å². The number of benzene rings is 2. The van der Waals surface area contributed by atoms with Crippen molar-refractivity contribution in [3.05, 3.63) is 54.2 Å². The zero-order chi connectivity index (χ0) is 16.4. The second-order valence-corrected chi connectivity index (χ2v) is 4.79. The molecule has 0 aliphatic rings. The van der Waals surface area contributed by atoms with Crippen molar-refractivity contribution >= 4 is 5.97 Å². The Morgan fingerprint density at radius 1 is 1.17 bits per heavy atom. The summed E-state index contributed by atoms with van der Waals surface area (Å²) >= 11 is 0. The summed E-state index contributed by atoms with van der Waals surface area (Å²) in [6.07, 6.45) is 1.65. The first kappa shape index (κ1) is 14.6. The van der Waals surface area contributed by atoms with Gasteiger partial charge < -0.3 is 14.9 Å². The number of phenolic OH excluding ortho intramolecular Hbond substituents is 2. The normalized spacial score (nSPS) is 10.5. The highest BCUT2D eigenvalue weighted by molar-refractivity contribution is 5.93. The summed E-state index contributed by atoms with van der Waals surface area (Å²) in [6, 6.07) is 11.1. The highest BCUT2D eigenvalue weighted by Crippen LogP contribution is 2.24. The van der Waals surface area contributed by atoms with Crippen LogP contribution in [0.2, 0.25) is 0 Å². The predicted octanol–water partition coefficient (Wildman–Crippen LogP) is 2.13. The molecule has 116 valence electrons. The highest BCUT2D eigenvalue weighted by atomic mass is 16.5. The quantitative estimate of drug-likeness (QED) is 0.719. The van der Waals surface area contributed by atoms with E-state index in [1.165, 1.54) is 23.9 Å². The van der Waals surface area contributed by atoms with Gasteiger partial charge in [-0.3, -0.25) is 0 Å². The third kappa shape index (κ3) is 2.84. The van der Waals surface area contributed by atoms with Crippen molar-refractivity contribution in [3.8, 4) is 28.4 Å². The number of nitrogens with zero attached hydrogens (tertiary/aromatic N) is 3. The lowest BCUT2D eigenvalue weighted by atomic mass is 10.1.